The Bertz CT molecular complexity index is 876. The molecule has 29 heavy (non-hydrogen) atoms. The Labute approximate surface area is 165 Å². The zero-order chi connectivity index (χ0) is 22.0. The van der Waals surface area contributed by atoms with E-state index in [-0.39, 0.29) is 36.2 Å². The van der Waals surface area contributed by atoms with Crippen LogP contribution in [-0.2, 0) is 16.0 Å². The van der Waals surface area contributed by atoms with E-state index < -0.39 is 54.5 Å². The van der Waals surface area contributed by atoms with Crippen LogP contribution >= 0.6 is 24.1 Å². The first-order chi connectivity index (χ1) is 13.3. The van der Waals surface area contributed by atoms with Gasteiger partial charge in [-0.1, -0.05) is 0 Å². The first kappa shape index (κ1) is 22.8. The number of nitro groups is 2. The molecule has 0 aliphatic carbocycles. The summed E-state index contributed by atoms with van der Waals surface area (Å²) >= 11 is 0.0763. The molecular formula is C14H6F6N2O5S2. The van der Waals surface area contributed by atoms with Crippen molar-refractivity contribution in [2.75, 3.05) is 0 Å². The predicted molar refractivity (Wildman–Crippen MR) is 89.0 cm³/mol. The maximum atomic E-state index is 13.1. The molecule has 0 radical (unpaired) electrons. The van der Waals surface area contributed by atoms with E-state index in [1.54, 1.807) is 0 Å². The van der Waals surface area contributed by atoms with Crippen LogP contribution in [0.4, 0.5) is 37.7 Å². The molecule has 7 nitrogen and oxygen atoms in total. The average Bonchev–Trinajstić information content (AvgIpc) is 2.60. The molecule has 156 valence electrons. The Morgan fingerprint density at radius 1 is 0.724 bits per heavy atom. The Kier molecular flexibility index (Phi) is 6.64. The van der Waals surface area contributed by atoms with Crippen LogP contribution in [0.25, 0.3) is 0 Å². The van der Waals surface area contributed by atoms with Crippen LogP contribution in [0.3, 0.4) is 0 Å². The quantitative estimate of drug-likeness (QED) is 0.217. The van der Waals surface area contributed by atoms with Gasteiger partial charge in [-0.15, -0.1) is 0 Å². The lowest BCUT2D eigenvalue weighted by molar-refractivity contribution is -0.385. The molecule has 0 aliphatic rings. The maximum Gasteiger partial charge on any atom is 0.417 e. The van der Waals surface area contributed by atoms with E-state index >= 15 is 0 Å². The third kappa shape index (κ3) is 5.74. The molecule has 0 spiro atoms. The molecule has 0 aliphatic heterocycles. The van der Waals surface area contributed by atoms with Crippen LogP contribution in [0, 0.1) is 20.2 Å². The number of benzene rings is 2. The Hall–Kier alpha value is -2.52. The fraction of sp³-hybridized carbons (Fsp3) is 0.143. The number of non-ortho nitro benzene ring substituents is 2. The van der Waals surface area contributed by atoms with Gasteiger partial charge >= 0.3 is 12.4 Å². The molecule has 2 rings (SSSR count). The van der Waals surface area contributed by atoms with Crippen molar-refractivity contribution in [3.05, 3.63) is 67.8 Å². The Morgan fingerprint density at radius 2 is 1.07 bits per heavy atom. The van der Waals surface area contributed by atoms with E-state index in [0.29, 0.717) is 0 Å². The van der Waals surface area contributed by atoms with Crippen LogP contribution < -0.4 is 0 Å². The SMILES string of the molecule is O=[N+]([O-])c1ccc(SOSc2ccc([N+](=O)[O-])cc2C(F)(F)F)c(C(F)(F)F)c1. The largest absolute Gasteiger partial charge is 0.417 e. The summed E-state index contributed by atoms with van der Waals surface area (Å²) in [5, 5.41) is 21.3. The first-order valence-corrected chi connectivity index (χ1v) is 8.51. The van der Waals surface area contributed by atoms with Crippen molar-refractivity contribution in [2.24, 2.45) is 0 Å². The van der Waals surface area contributed by atoms with Gasteiger partial charge in [-0.2, -0.15) is 26.3 Å². The summed E-state index contributed by atoms with van der Waals surface area (Å²) in [6.45, 7) is 0. The van der Waals surface area contributed by atoms with E-state index in [9.17, 15) is 46.6 Å². The van der Waals surface area contributed by atoms with Crippen molar-refractivity contribution >= 4 is 35.5 Å². The van der Waals surface area contributed by atoms with E-state index in [4.69, 9.17) is 3.63 Å². The molecule has 2 aromatic rings. The Morgan fingerprint density at radius 3 is 1.34 bits per heavy atom. The molecule has 0 aromatic heterocycles. The molecule has 0 saturated heterocycles. The average molecular weight is 460 g/mol. The monoisotopic (exact) mass is 460 g/mol. The lowest BCUT2D eigenvalue weighted by Gasteiger charge is -2.13. The molecule has 0 atom stereocenters. The summed E-state index contributed by atoms with van der Waals surface area (Å²) in [5.74, 6) is 0. The summed E-state index contributed by atoms with van der Waals surface area (Å²) < 4.78 is 83.2. The molecule has 0 fully saturated rings. The number of nitro benzene ring substituents is 2. The Balaban J connectivity index is 2.26. The van der Waals surface area contributed by atoms with Crippen LogP contribution in [0.15, 0.2) is 46.2 Å². The standard InChI is InChI=1S/C14H6F6N2O5S2/c15-13(16,17)9-5-7(21(23)24)1-3-11(9)28-27-29-12-4-2-8(22(25)26)6-10(12)14(18,19)20/h1-6H. The lowest BCUT2D eigenvalue weighted by Crippen LogP contribution is -2.08. The van der Waals surface area contributed by atoms with Gasteiger partial charge in [-0.25, -0.2) is 3.63 Å². The first-order valence-electron chi connectivity index (χ1n) is 7.03. The van der Waals surface area contributed by atoms with Gasteiger partial charge in [-0.05, 0) is 12.1 Å². The highest BCUT2D eigenvalue weighted by Gasteiger charge is 2.37. The molecule has 0 amide bonds. The highest BCUT2D eigenvalue weighted by Crippen LogP contribution is 2.43. The van der Waals surface area contributed by atoms with Gasteiger partial charge in [0.1, 0.15) is 0 Å². The summed E-state index contributed by atoms with van der Waals surface area (Å²) in [4.78, 5) is 18.0. The normalized spacial score (nSPS) is 12.1. The zero-order valence-corrected chi connectivity index (χ0v) is 15.1. The van der Waals surface area contributed by atoms with E-state index in [1.807, 2.05) is 0 Å². The number of alkyl halides is 6. The zero-order valence-electron chi connectivity index (χ0n) is 13.5. The second-order valence-corrected chi connectivity index (χ2v) is 6.86. The third-order valence-electron chi connectivity index (χ3n) is 3.21. The van der Waals surface area contributed by atoms with Gasteiger partial charge in [0, 0.05) is 58.1 Å². The summed E-state index contributed by atoms with van der Waals surface area (Å²) in [6.07, 6.45) is -9.96. The van der Waals surface area contributed by atoms with Crippen LogP contribution in [0.2, 0.25) is 0 Å². The van der Waals surface area contributed by atoms with Gasteiger partial charge in [0.2, 0.25) is 0 Å². The van der Waals surface area contributed by atoms with E-state index in [2.05, 4.69) is 0 Å². The summed E-state index contributed by atoms with van der Waals surface area (Å²) in [5.41, 5.74) is -4.47. The minimum atomic E-state index is -4.98. The molecule has 0 saturated carbocycles. The lowest BCUT2D eigenvalue weighted by atomic mass is 10.2. The van der Waals surface area contributed by atoms with E-state index in [0.717, 1.165) is 24.3 Å². The maximum absolute atomic E-state index is 13.1. The van der Waals surface area contributed by atoms with Crippen LogP contribution in [-0.4, -0.2) is 9.85 Å². The van der Waals surface area contributed by atoms with Gasteiger partial charge in [-0.3, -0.25) is 20.2 Å². The molecule has 15 heteroatoms. The number of hydrogen-bond donors (Lipinski definition) is 0. The smallest absolute Gasteiger partial charge is 0.258 e. The molecule has 0 heterocycles. The minimum absolute atomic E-state index is 0.0381. The predicted octanol–water partition coefficient (Wildman–Crippen LogP) is 6.27. The second-order valence-electron chi connectivity index (χ2n) is 5.11. The van der Waals surface area contributed by atoms with Gasteiger partial charge < -0.3 is 0 Å². The summed E-state index contributed by atoms with van der Waals surface area (Å²) in [6, 6.07) is 3.57. The number of hydrogen-bond acceptors (Lipinski definition) is 7. The molecular weight excluding hydrogens is 454 g/mol. The number of rotatable bonds is 6. The van der Waals surface area contributed by atoms with Crippen molar-refractivity contribution in [1.29, 1.82) is 0 Å². The van der Waals surface area contributed by atoms with E-state index in [1.165, 1.54) is 0 Å². The van der Waals surface area contributed by atoms with Crippen molar-refractivity contribution < 1.29 is 39.8 Å². The number of nitrogens with zero attached hydrogens (tertiary/aromatic N) is 2. The molecule has 2 aromatic carbocycles. The van der Waals surface area contributed by atoms with Crippen molar-refractivity contribution in [3.63, 3.8) is 0 Å². The fourth-order valence-corrected chi connectivity index (χ4v) is 3.44. The molecule has 0 bridgehead atoms. The molecule has 0 N–H and O–H groups in total. The van der Waals surface area contributed by atoms with Crippen molar-refractivity contribution in [3.8, 4) is 0 Å². The fourth-order valence-electron chi connectivity index (χ4n) is 1.94. The van der Waals surface area contributed by atoms with Crippen molar-refractivity contribution in [1.82, 2.24) is 0 Å². The van der Waals surface area contributed by atoms with Crippen LogP contribution in [0.1, 0.15) is 11.1 Å². The van der Waals surface area contributed by atoms with Gasteiger partial charge in [0.05, 0.1) is 21.0 Å². The second kappa shape index (κ2) is 8.46. The van der Waals surface area contributed by atoms with Crippen LogP contribution in [0.5, 0.6) is 0 Å². The summed E-state index contributed by atoms with van der Waals surface area (Å²) in [7, 11) is 0. The van der Waals surface area contributed by atoms with Crippen molar-refractivity contribution in [2.45, 2.75) is 22.1 Å². The number of halogens is 6. The van der Waals surface area contributed by atoms with Gasteiger partial charge in [0.25, 0.3) is 11.4 Å². The minimum Gasteiger partial charge on any atom is -0.258 e. The molecule has 0 unspecified atom stereocenters. The highest BCUT2D eigenvalue weighted by molar-refractivity contribution is 8.08. The third-order valence-corrected chi connectivity index (χ3v) is 4.82. The highest BCUT2D eigenvalue weighted by atomic mass is 32.2. The topological polar surface area (TPSA) is 95.5 Å². The van der Waals surface area contributed by atoms with Gasteiger partial charge in [0.15, 0.2) is 0 Å².